The minimum Gasteiger partial charge on any atom is -0.422 e. The smallest absolute Gasteiger partial charge is 0.305 e. The van der Waals surface area contributed by atoms with Crippen LogP contribution in [0.4, 0.5) is 0 Å². The van der Waals surface area contributed by atoms with E-state index in [4.69, 9.17) is 9.47 Å². The number of allylic oxidation sites excluding steroid dienone is 4. The number of hydrogen-bond donors (Lipinski definition) is 0. The van der Waals surface area contributed by atoms with Crippen LogP contribution in [0, 0.1) is 44.8 Å². The van der Waals surface area contributed by atoms with Gasteiger partial charge in [-0.25, -0.2) is 0 Å². The highest BCUT2D eigenvalue weighted by molar-refractivity contribution is 5.69. The van der Waals surface area contributed by atoms with E-state index < -0.39 is 11.2 Å². The predicted molar refractivity (Wildman–Crippen MR) is 151 cm³/mol. The van der Waals surface area contributed by atoms with Crippen LogP contribution in [-0.2, 0) is 19.1 Å². The van der Waals surface area contributed by atoms with Gasteiger partial charge in [0, 0.05) is 20.3 Å². The van der Waals surface area contributed by atoms with Crippen molar-refractivity contribution in [3.05, 3.63) is 22.8 Å². The molecule has 0 N–H and O–H groups in total. The van der Waals surface area contributed by atoms with Gasteiger partial charge in [0.05, 0.1) is 5.41 Å². The van der Waals surface area contributed by atoms with Gasteiger partial charge in [0.15, 0.2) is 0 Å². The van der Waals surface area contributed by atoms with E-state index in [9.17, 15) is 9.59 Å². The van der Waals surface area contributed by atoms with Crippen LogP contribution in [0.1, 0.15) is 127 Å². The summed E-state index contributed by atoms with van der Waals surface area (Å²) in [6, 6.07) is 0. The minimum atomic E-state index is -1.22. The zero-order chi connectivity index (χ0) is 28.1. The lowest BCUT2D eigenvalue weighted by molar-refractivity contribution is -0.344. The highest BCUT2D eigenvalue weighted by Crippen LogP contribution is 2.77. The van der Waals surface area contributed by atoms with E-state index in [0.717, 1.165) is 25.7 Å². The van der Waals surface area contributed by atoms with Gasteiger partial charge in [0.2, 0.25) is 0 Å². The van der Waals surface area contributed by atoms with Gasteiger partial charge in [-0.3, -0.25) is 9.59 Å². The molecule has 6 atom stereocenters. The van der Waals surface area contributed by atoms with Crippen LogP contribution in [0.25, 0.3) is 0 Å². The van der Waals surface area contributed by atoms with Gasteiger partial charge in [0.1, 0.15) is 0 Å². The summed E-state index contributed by atoms with van der Waals surface area (Å²) in [7, 11) is 0. The summed E-state index contributed by atoms with van der Waals surface area (Å²) in [5.74, 6) is -0.823. The van der Waals surface area contributed by atoms with Crippen LogP contribution in [0.5, 0.6) is 0 Å². The molecule has 0 unspecified atom stereocenters. The molecule has 0 bridgehead atoms. The van der Waals surface area contributed by atoms with Gasteiger partial charge in [-0.1, -0.05) is 67.0 Å². The van der Waals surface area contributed by atoms with Crippen molar-refractivity contribution in [1.29, 1.82) is 0 Å². The van der Waals surface area contributed by atoms with Crippen LogP contribution in [0.3, 0.4) is 0 Å². The lowest BCUT2D eigenvalue weighted by Gasteiger charge is -2.72. The van der Waals surface area contributed by atoms with E-state index in [1.807, 2.05) is 0 Å². The zero-order valence-electron chi connectivity index (χ0n) is 25.8. The SMILES string of the molecule is CC(=O)OC1(OC(C)=O)CCC(C)(C)[C@@H]2CC[C@]3(C)[C@H](CC=C4C5=C(C(C)C)CC[C@]5(C)CC[C@]43C)[C@]21C. The number of esters is 2. The molecular weight excluding hydrogens is 472 g/mol. The number of carbonyl (C=O) groups excluding carboxylic acids is 2. The maximum absolute atomic E-state index is 12.6. The second kappa shape index (κ2) is 8.46. The van der Waals surface area contributed by atoms with Gasteiger partial charge in [-0.15, -0.1) is 0 Å². The van der Waals surface area contributed by atoms with E-state index in [-0.39, 0.29) is 34.1 Å². The average molecular weight is 525 g/mol. The largest absolute Gasteiger partial charge is 0.422 e. The van der Waals surface area contributed by atoms with E-state index in [1.165, 1.54) is 39.5 Å². The van der Waals surface area contributed by atoms with Gasteiger partial charge in [0.25, 0.3) is 5.79 Å². The Morgan fingerprint density at radius 1 is 0.842 bits per heavy atom. The molecule has 5 rings (SSSR count). The van der Waals surface area contributed by atoms with Crippen molar-refractivity contribution in [2.24, 2.45) is 44.8 Å². The quantitative estimate of drug-likeness (QED) is 0.274. The van der Waals surface area contributed by atoms with Crippen LogP contribution in [-0.4, -0.2) is 17.7 Å². The van der Waals surface area contributed by atoms with Crippen molar-refractivity contribution >= 4 is 11.9 Å². The highest BCUT2D eigenvalue weighted by atomic mass is 16.7. The number of fused-ring (bicyclic) bond motifs is 7. The predicted octanol–water partition coefficient (Wildman–Crippen LogP) is 8.55. The molecule has 0 aliphatic heterocycles. The highest BCUT2D eigenvalue weighted by Gasteiger charge is 2.74. The van der Waals surface area contributed by atoms with Crippen molar-refractivity contribution in [3.8, 4) is 0 Å². The molecule has 38 heavy (non-hydrogen) atoms. The third kappa shape index (κ3) is 3.46. The second-order valence-electron chi connectivity index (χ2n) is 15.6. The van der Waals surface area contributed by atoms with E-state index >= 15 is 0 Å². The number of ether oxygens (including phenoxy) is 2. The van der Waals surface area contributed by atoms with Crippen molar-refractivity contribution < 1.29 is 19.1 Å². The zero-order valence-corrected chi connectivity index (χ0v) is 25.8. The molecule has 212 valence electrons. The summed E-state index contributed by atoms with van der Waals surface area (Å²) in [6.07, 6.45) is 12.1. The first kappa shape index (κ1) is 28.0. The Balaban J connectivity index is 1.72. The molecule has 3 saturated carbocycles. The summed E-state index contributed by atoms with van der Waals surface area (Å²) in [4.78, 5) is 25.3. The Hall–Kier alpha value is -1.58. The van der Waals surface area contributed by atoms with Crippen LogP contribution in [0.2, 0.25) is 0 Å². The molecule has 5 aliphatic carbocycles. The maximum atomic E-state index is 12.6. The first-order valence-corrected chi connectivity index (χ1v) is 15.3. The molecule has 0 spiro atoms. The molecule has 0 heterocycles. The van der Waals surface area contributed by atoms with Gasteiger partial charge < -0.3 is 9.47 Å². The van der Waals surface area contributed by atoms with E-state index in [2.05, 4.69) is 61.5 Å². The van der Waals surface area contributed by atoms with Crippen LogP contribution in [0.15, 0.2) is 22.8 Å². The maximum Gasteiger partial charge on any atom is 0.305 e. The third-order valence-corrected chi connectivity index (χ3v) is 13.1. The molecule has 4 heteroatoms. The number of hydrogen-bond acceptors (Lipinski definition) is 4. The lowest BCUT2D eigenvalue weighted by Crippen LogP contribution is -2.71. The summed E-state index contributed by atoms with van der Waals surface area (Å²) >= 11 is 0. The van der Waals surface area contributed by atoms with E-state index in [1.54, 1.807) is 16.7 Å². The molecule has 3 fully saturated rings. The summed E-state index contributed by atoms with van der Waals surface area (Å²) in [5.41, 5.74) is 4.94. The van der Waals surface area contributed by atoms with Crippen LogP contribution >= 0.6 is 0 Å². The molecule has 0 aromatic carbocycles. The standard InChI is InChI=1S/C34H52O4/c1-21(2)24-13-15-30(7)18-19-31(8)25(28(24)30)11-12-27-32(31,9)16-14-26-29(5,6)17-20-34(33(26,27)10,37-22(3)35)38-23(4)36/h11,21,26-27H,12-20H2,1-10H3/t26-,27-,30+,31+,32+,33-/m0/s1. The Labute approximate surface area is 231 Å². The van der Waals surface area contributed by atoms with Crippen molar-refractivity contribution in [3.63, 3.8) is 0 Å². The number of carbonyl (C=O) groups is 2. The number of rotatable bonds is 3. The fourth-order valence-corrected chi connectivity index (χ4v) is 10.9. The monoisotopic (exact) mass is 524 g/mol. The van der Waals surface area contributed by atoms with Crippen molar-refractivity contribution in [2.75, 3.05) is 0 Å². The van der Waals surface area contributed by atoms with E-state index in [0.29, 0.717) is 23.7 Å². The fourth-order valence-electron chi connectivity index (χ4n) is 10.9. The van der Waals surface area contributed by atoms with Crippen molar-refractivity contribution in [2.45, 2.75) is 133 Å². The Kier molecular flexibility index (Phi) is 6.23. The first-order chi connectivity index (χ1) is 17.5. The van der Waals surface area contributed by atoms with Gasteiger partial charge >= 0.3 is 11.9 Å². The Morgan fingerprint density at radius 3 is 2.05 bits per heavy atom. The average Bonchev–Trinajstić information content (AvgIpc) is 3.14. The molecular formula is C34H52O4. The third-order valence-electron chi connectivity index (χ3n) is 13.1. The molecule has 0 aromatic rings. The second-order valence-corrected chi connectivity index (χ2v) is 15.6. The summed E-state index contributed by atoms with van der Waals surface area (Å²) in [6.45, 7) is 22.3. The first-order valence-electron chi connectivity index (χ1n) is 15.3. The molecule has 4 nitrogen and oxygen atoms in total. The molecule has 5 aliphatic rings. The molecule has 0 saturated heterocycles. The molecule has 0 radical (unpaired) electrons. The van der Waals surface area contributed by atoms with Gasteiger partial charge in [-0.2, -0.15) is 0 Å². The topological polar surface area (TPSA) is 52.6 Å². The molecule has 0 amide bonds. The Morgan fingerprint density at radius 2 is 1.47 bits per heavy atom. The normalized spacial score (nSPS) is 42.9. The fraction of sp³-hybridized carbons (Fsp3) is 0.824. The van der Waals surface area contributed by atoms with Crippen molar-refractivity contribution in [1.82, 2.24) is 0 Å². The summed E-state index contributed by atoms with van der Waals surface area (Å²) < 4.78 is 12.5. The molecule has 0 aromatic heterocycles. The minimum absolute atomic E-state index is 0.0142. The van der Waals surface area contributed by atoms with Crippen LogP contribution < -0.4 is 0 Å². The lowest BCUT2D eigenvalue weighted by atomic mass is 9.34. The summed E-state index contributed by atoms with van der Waals surface area (Å²) in [5, 5.41) is 0. The Bertz CT molecular complexity index is 1090. The van der Waals surface area contributed by atoms with Gasteiger partial charge in [-0.05, 0) is 102 Å².